The van der Waals surface area contributed by atoms with Crippen molar-refractivity contribution in [3.8, 4) is 0 Å². The Morgan fingerprint density at radius 1 is 1.33 bits per heavy atom. The summed E-state index contributed by atoms with van der Waals surface area (Å²) in [6.45, 7) is 3.67. The van der Waals surface area contributed by atoms with Crippen LogP contribution in [0, 0.1) is 13.8 Å². The van der Waals surface area contributed by atoms with Crippen molar-refractivity contribution in [2.75, 3.05) is 0 Å². The lowest BCUT2D eigenvalue weighted by molar-refractivity contribution is -0.164. The lowest BCUT2D eigenvalue weighted by atomic mass is 10.0. The van der Waals surface area contributed by atoms with E-state index in [0.29, 0.717) is 5.56 Å². The number of alkyl halides is 2. The summed E-state index contributed by atoms with van der Waals surface area (Å²) in [6, 6.07) is 4.83. The van der Waals surface area contributed by atoms with Crippen LogP contribution in [0.1, 0.15) is 16.7 Å². The monoisotopic (exact) mass is 214 g/mol. The van der Waals surface area contributed by atoms with E-state index in [1.807, 2.05) is 6.92 Å². The van der Waals surface area contributed by atoms with E-state index in [2.05, 4.69) is 0 Å². The highest BCUT2D eigenvalue weighted by molar-refractivity contribution is 5.75. The van der Waals surface area contributed by atoms with Crippen LogP contribution in [-0.2, 0) is 11.2 Å². The summed E-state index contributed by atoms with van der Waals surface area (Å²) >= 11 is 0. The van der Waals surface area contributed by atoms with Gasteiger partial charge < -0.3 is 5.11 Å². The molecule has 0 heterocycles. The van der Waals surface area contributed by atoms with E-state index in [4.69, 9.17) is 5.11 Å². The van der Waals surface area contributed by atoms with Crippen LogP contribution in [0.25, 0.3) is 0 Å². The molecule has 1 aromatic rings. The van der Waals surface area contributed by atoms with Gasteiger partial charge in [-0.25, -0.2) is 4.79 Å². The van der Waals surface area contributed by atoms with Crippen LogP contribution in [0.4, 0.5) is 8.78 Å². The molecule has 0 bridgehead atoms. The standard InChI is InChI=1S/C11H12F2O2/c1-7-3-4-9(5-8(7)2)6-11(12,13)10(14)15/h3-5H,6H2,1-2H3,(H,14,15). The van der Waals surface area contributed by atoms with Crippen molar-refractivity contribution in [1.82, 2.24) is 0 Å². The average Bonchev–Trinajstić information content (AvgIpc) is 2.10. The van der Waals surface area contributed by atoms with Gasteiger partial charge in [-0.15, -0.1) is 0 Å². The zero-order valence-corrected chi connectivity index (χ0v) is 8.55. The Bertz CT molecular complexity index is 386. The minimum Gasteiger partial charge on any atom is -0.477 e. The maximum Gasteiger partial charge on any atom is 0.374 e. The second kappa shape index (κ2) is 3.96. The SMILES string of the molecule is Cc1ccc(CC(F)(F)C(=O)O)cc1C. The van der Waals surface area contributed by atoms with Crippen molar-refractivity contribution in [2.24, 2.45) is 0 Å². The van der Waals surface area contributed by atoms with Gasteiger partial charge in [-0.05, 0) is 30.5 Å². The highest BCUT2D eigenvalue weighted by atomic mass is 19.3. The molecule has 0 spiro atoms. The molecule has 0 aromatic heterocycles. The maximum absolute atomic E-state index is 12.9. The predicted octanol–water partition coefficient (Wildman–Crippen LogP) is 2.57. The first kappa shape index (κ1) is 11.6. The van der Waals surface area contributed by atoms with Crippen LogP contribution in [0.3, 0.4) is 0 Å². The Balaban J connectivity index is 2.91. The molecule has 82 valence electrons. The molecule has 0 saturated heterocycles. The summed E-state index contributed by atoms with van der Waals surface area (Å²) in [7, 11) is 0. The first-order valence-corrected chi connectivity index (χ1v) is 4.50. The Morgan fingerprint density at radius 2 is 1.93 bits per heavy atom. The summed E-state index contributed by atoms with van der Waals surface area (Å²) in [5.74, 6) is -5.78. The molecule has 0 unspecified atom stereocenters. The van der Waals surface area contributed by atoms with E-state index >= 15 is 0 Å². The number of aryl methyl sites for hydroxylation is 2. The van der Waals surface area contributed by atoms with Crippen LogP contribution >= 0.6 is 0 Å². The van der Waals surface area contributed by atoms with E-state index in [1.54, 1.807) is 19.1 Å². The van der Waals surface area contributed by atoms with Gasteiger partial charge >= 0.3 is 11.9 Å². The van der Waals surface area contributed by atoms with Crippen molar-refractivity contribution < 1.29 is 18.7 Å². The van der Waals surface area contributed by atoms with Gasteiger partial charge in [0.05, 0.1) is 0 Å². The third-order valence-corrected chi connectivity index (χ3v) is 2.31. The third-order valence-electron chi connectivity index (χ3n) is 2.31. The minimum absolute atomic E-state index is 0.338. The molecule has 0 aliphatic heterocycles. The molecule has 1 aromatic carbocycles. The zero-order chi connectivity index (χ0) is 11.6. The molecule has 0 atom stereocenters. The van der Waals surface area contributed by atoms with Crippen molar-refractivity contribution in [1.29, 1.82) is 0 Å². The quantitative estimate of drug-likeness (QED) is 0.839. The van der Waals surface area contributed by atoms with Gasteiger partial charge in [0, 0.05) is 6.42 Å². The van der Waals surface area contributed by atoms with Gasteiger partial charge in [0.15, 0.2) is 0 Å². The van der Waals surface area contributed by atoms with Gasteiger partial charge in [-0.1, -0.05) is 18.2 Å². The largest absolute Gasteiger partial charge is 0.477 e. The molecule has 0 amide bonds. The lowest BCUT2D eigenvalue weighted by Crippen LogP contribution is -2.30. The van der Waals surface area contributed by atoms with E-state index in [9.17, 15) is 13.6 Å². The highest BCUT2D eigenvalue weighted by Crippen LogP contribution is 2.21. The highest BCUT2D eigenvalue weighted by Gasteiger charge is 2.38. The molecule has 0 aliphatic rings. The fourth-order valence-electron chi connectivity index (χ4n) is 1.25. The predicted molar refractivity (Wildman–Crippen MR) is 52.2 cm³/mol. The summed E-state index contributed by atoms with van der Waals surface area (Å²) in [5.41, 5.74) is 2.22. The zero-order valence-electron chi connectivity index (χ0n) is 8.55. The minimum atomic E-state index is -3.69. The van der Waals surface area contributed by atoms with Crippen molar-refractivity contribution in [2.45, 2.75) is 26.2 Å². The number of benzene rings is 1. The van der Waals surface area contributed by atoms with E-state index in [0.717, 1.165) is 11.1 Å². The van der Waals surface area contributed by atoms with Crippen molar-refractivity contribution in [3.05, 3.63) is 34.9 Å². The summed E-state index contributed by atoms with van der Waals surface area (Å²) in [5, 5.41) is 8.28. The van der Waals surface area contributed by atoms with Crippen molar-refractivity contribution >= 4 is 5.97 Å². The van der Waals surface area contributed by atoms with Crippen LogP contribution < -0.4 is 0 Å². The van der Waals surface area contributed by atoms with E-state index in [1.165, 1.54) is 6.07 Å². The summed E-state index contributed by atoms with van der Waals surface area (Å²) < 4.78 is 25.7. The molecule has 4 heteroatoms. The number of carboxylic acids is 1. The number of carboxylic acid groups (broad SMARTS) is 1. The normalized spacial score (nSPS) is 11.5. The van der Waals surface area contributed by atoms with Gasteiger partial charge in [0.1, 0.15) is 0 Å². The molecule has 0 aliphatic carbocycles. The van der Waals surface area contributed by atoms with E-state index in [-0.39, 0.29) is 0 Å². The van der Waals surface area contributed by atoms with Crippen LogP contribution in [0.15, 0.2) is 18.2 Å². The Kier molecular flexibility index (Phi) is 3.07. The summed E-state index contributed by atoms with van der Waals surface area (Å²) in [4.78, 5) is 10.2. The van der Waals surface area contributed by atoms with Gasteiger partial charge in [-0.2, -0.15) is 8.78 Å². The third kappa shape index (κ3) is 2.75. The molecule has 0 fully saturated rings. The molecule has 1 rings (SSSR count). The molecule has 15 heavy (non-hydrogen) atoms. The van der Waals surface area contributed by atoms with Gasteiger partial charge in [-0.3, -0.25) is 0 Å². The van der Waals surface area contributed by atoms with Gasteiger partial charge in [0.25, 0.3) is 0 Å². The Hall–Kier alpha value is -1.45. The van der Waals surface area contributed by atoms with E-state index < -0.39 is 18.3 Å². The number of rotatable bonds is 3. The molecule has 1 N–H and O–H groups in total. The van der Waals surface area contributed by atoms with Crippen LogP contribution in [-0.4, -0.2) is 17.0 Å². The summed E-state index contributed by atoms with van der Waals surface area (Å²) in [6.07, 6.45) is -0.760. The first-order chi connectivity index (χ1) is 6.83. The lowest BCUT2D eigenvalue weighted by Gasteiger charge is -2.11. The molecular weight excluding hydrogens is 202 g/mol. The maximum atomic E-state index is 12.9. The average molecular weight is 214 g/mol. The molecule has 2 nitrogen and oxygen atoms in total. The number of hydrogen-bond donors (Lipinski definition) is 1. The second-order valence-electron chi connectivity index (χ2n) is 3.60. The van der Waals surface area contributed by atoms with Crippen LogP contribution in [0.5, 0.6) is 0 Å². The Labute approximate surface area is 86.5 Å². The molecule has 0 radical (unpaired) electrons. The van der Waals surface area contributed by atoms with Crippen molar-refractivity contribution in [3.63, 3.8) is 0 Å². The number of carbonyl (C=O) groups is 1. The van der Waals surface area contributed by atoms with Gasteiger partial charge in [0.2, 0.25) is 0 Å². The second-order valence-corrected chi connectivity index (χ2v) is 3.60. The Morgan fingerprint density at radius 3 is 2.40 bits per heavy atom. The first-order valence-electron chi connectivity index (χ1n) is 4.50. The fourth-order valence-corrected chi connectivity index (χ4v) is 1.25. The number of halogens is 2. The number of hydrogen-bond acceptors (Lipinski definition) is 1. The fraction of sp³-hybridized carbons (Fsp3) is 0.364. The molecular formula is C11H12F2O2. The smallest absolute Gasteiger partial charge is 0.374 e. The molecule has 0 saturated carbocycles. The topological polar surface area (TPSA) is 37.3 Å². The van der Waals surface area contributed by atoms with Crippen LogP contribution in [0.2, 0.25) is 0 Å². The number of aliphatic carboxylic acids is 1.